The number of sulfone groups is 1. The van der Waals surface area contributed by atoms with Crippen LogP contribution in [0.1, 0.15) is 56.1 Å². The summed E-state index contributed by atoms with van der Waals surface area (Å²) in [5.74, 6) is 0.253. The lowest BCUT2D eigenvalue weighted by atomic mass is 10.0. The number of rotatable bonds is 11. The minimum absolute atomic E-state index is 0.253. The molecule has 1 fully saturated rings. The number of hydrogen-bond donors (Lipinski definition) is 0. The van der Waals surface area contributed by atoms with Crippen molar-refractivity contribution in [3.05, 3.63) is 65.7 Å². The van der Waals surface area contributed by atoms with Crippen molar-refractivity contribution in [3.8, 4) is 0 Å². The van der Waals surface area contributed by atoms with Gasteiger partial charge >= 0.3 is 0 Å². The molecule has 0 spiro atoms. The highest BCUT2D eigenvalue weighted by atomic mass is 32.2. The molecule has 0 bridgehead atoms. The van der Waals surface area contributed by atoms with Gasteiger partial charge in [-0.1, -0.05) is 61.7 Å². The van der Waals surface area contributed by atoms with Crippen molar-refractivity contribution in [2.45, 2.75) is 62.7 Å². The molecule has 1 aliphatic rings. The minimum Gasteiger partial charge on any atom is -0.303 e. The zero-order chi connectivity index (χ0) is 20.4. The van der Waals surface area contributed by atoms with E-state index in [9.17, 15) is 8.42 Å². The summed E-state index contributed by atoms with van der Waals surface area (Å²) in [5, 5.41) is 0. The third-order valence-corrected chi connectivity index (χ3v) is 7.74. The molecule has 29 heavy (non-hydrogen) atoms. The second-order valence-electron chi connectivity index (χ2n) is 8.26. The van der Waals surface area contributed by atoms with E-state index in [2.05, 4.69) is 29.2 Å². The summed E-state index contributed by atoms with van der Waals surface area (Å²) in [6, 6.07) is 17.9. The van der Waals surface area contributed by atoms with E-state index in [1.807, 2.05) is 6.07 Å². The Morgan fingerprint density at radius 1 is 0.690 bits per heavy atom. The molecule has 0 atom stereocenters. The van der Waals surface area contributed by atoms with Crippen LogP contribution in [0.2, 0.25) is 0 Å². The predicted octanol–water partition coefficient (Wildman–Crippen LogP) is 5.29. The summed E-state index contributed by atoms with van der Waals surface area (Å²) in [6.07, 6.45) is 10.3. The van der Waals surface area contributed by atoms with Crippen LogP contribution >= 0.6 is 0 Å². The summed E-state index contributed by atoms with van der Waals surface area (Å²) in [5.41, 5.74) is 2.83. The predicted molar refractivity (Wildman–Crippen MR) is 121 cm³/mol. The molecule has 1 aliphatic heterocycles. The van der Waals surface area contributed by atoms with E-state index in [0.717, 1.165) is 38.5 Å². The van der Waals surface area contributed by atoms with Crippen LogP contribution in [-0.4, -0.2) is 38.7 Å². The maximum atomic E-state index is 12.3. The molecule has 0 aliphatic carbocycles. The molecule has 0 saturated carbocycles. The van der Waals surface area contributed by atoms with Crippen LogP contribution in [0.5, 0.6) is 0 Å². The first kappa shape index (κ1) is 22.0. The number of piperidine rings is 1. The van der Waals surface area contributed by atoms with Gasteiger partial charge in [0.25, 0.3) is 0 Å². The average molecular weight is 414 g/mol. The summed E-state index contributed by atoms with van der Waals surface area (Å²) in [4.78, 5) is 3.04. The van der Waals surface area contributed by atoms with Crippen molar-refractivity contribution >= 4 is 9.84 Å². The van der Waals surface area contributed by atoms with Crippen molar-refractivity contribution in [1.29, 1.82) is 0 Å². The summed E-state index contributed by atoms with van der Waals surface area (Å²) < 4.78 is 24.5. The first-order chi connectivity index (χ1) is 14.1. The van der Waals surface area contributed by atoms with E-state index in [-0.39, 0.29) is 5.75 Å². The Bertz CT molecular complexity index is 810. The molecular weight excluding hydrogens is 378 g/mol. The normalized spacial score (nSPS) is 15.4. The fourth-order valence-corrected chi connectivity index (χ4v) is 5.45. The van der Waals surface area contributed by atoms with Crippen molar-refractivity contribution in [1.82, 2.24) is 4.90 Å². The maximum Gasteiger partial charge on any atom is 0.178 e. The van der Waals surface area contributed by atoms with Gasteiger partial charge in [-0.3, -0.25) is 0 Å². The monoisotopic (exact) mass is 413 g/mol. The third-order valence-electron chi connectivity index (χ3n) is 5.92. The van der Waals surface area contributed by atoms with Crippen molar-refractivity contribution in [2.24, 2.45) is 0 Å². The Balaban J connectivity index is 1.29. The van der Waals surface area contributed by atoms with E-state index < -0.39 is 9.84 Å². The van der Waals surface area contributed by atoms with Crippen LogP contribution < -0.4 is 0 Å². The third kappa shape index (κ3) is 7.60. The molecule has 0 amide bonds. The molecule has 0 N–H and O–H groups in total. The average Bonchev–Trinajstić information content (AvgIpc) is 2.77. The first-order valence-electron chi connectivity index (χ1n) is 11.2. The zero-order valence-corrected chi connectivity index (χ0v) is 18.4. The Labute approximate surface area is 177 Å². The van der Waals surface area contributed by atoms with E-state index in [4.69, 9.17) is 0 Å². The Hall–Kier alpha value is -1.65. The molecule has 1 heterocycles. The molecule has 2 aromatic carbocycles. The highest BCUT2D eigenvalue weighted by Crippen LogP contribution is 2.15. The van der Waals surface area contributed by atoms with Gasteiger partial charge in [0.15, 0.2) is 9.84 Å². The van der Waals surface area contributed by atoms with Gasteiger partial charge in [-0.25, -0.2) is 8.42 Å². The van der Waals surface area contributed by atoms with Crippen LogP contribution in [0.15, 0.2) is 59.5 Å². The Kier molecular flexibility index (Phi) is 8.75. The highest BCUT2D eigenvalue weighted by Gasteiger charge is 2.13. The van der Waals surface area contributed by atoms with Gasteiger partial charge in [0.1, 0.15) is 0 Å². The van der Waals surface area contributed by atoms with Crippen molar-refractivity contribution in [3.63, 3.8) is 0 Å². The largest absolute Gasteiger partial charge is 0.303 e. The standard InChI is InChI=1S/C25H35NO2S/c27-29(28,25-12-6-3-7-13-25)22-10-2-1-5-11-23-14-16-24(17-15-23)18-21-26-19-8-4-9-20-26/h3,6-7,12-17H,1-2,4-5,8-11,18-22H2. The van der Waals surface area contributed by atoms with E-state index in [0.29, 0.717) is 4.90 Å². The lowest BCUT2D eigenvalue weighted by Crippen LogP contribution is -2.31. The van der Waals surface area contributed by atoms with Gasteiger partial charge in [0, 0.05) is 6.54 Å². The highest BCUT2D eigenvalue weighted by molar-refractivity contribution is 7.91. The number of hydrogen-bond acceptors (Lipinski definition) is 3. The molecule has 0 unspecified atom stereocenters. The number of aryl methyl sites for hydroxylation is 1. The maximum absolute atomic E-state index is 12.3. The van der Waals surface area contributed by atoms with E-state index in [1.54, 1.807) is 24.3 Å². The summed E-state index contributed by atoms with van der Waals surface area (Å²) >= 11 is 0. The number of unbranched alkanes of at least 4 members (excludes halogenated alkanes) is 3. The summed E-state index contributed by atoms with van der Waals surface area (Å²) in [6.45, 7) is 3.72. The van der Waals surface area contributed by atoms with Crippen LogP contribution in [0.4, 0.5) is 0 Å². The van der Waals surface area contributed by atoms with E-state index in [1.165, 1.54) is 50.0 Å². The SMILES string of the molecule is O=S(=O)(CCCCCCc1ccc(CCN2CCCCC2)cc1)c1ccccc1. The van der Waals surface area contributed by atoms with Gasteiger partial charge < -0.3 is 4.90 Å². The lowest BCUT2D eigenvalue weighted by Gasteiger charge is -2.26. The topological polar surface area (TPSA) is 37.4 Å². The lowest BCUT2D eigenvalue weighted by molar-refractivity contribution is 0.231. The molecule has 2 aromatic rings. The molecular formula is C25H35NO2S. The fourth-order valence-electron chi connectivity index (χ4n) is 4.06. The van der Waals surface area contributed by atoms with Crippen molar-refractivity contribution in [2.75, 3.05) is 25.4 Å². The molecule has 0 aromatic heterocycles. The van der Waals surface area contributed by atoms with Gasteiger partial charge in [-0.05, 0) is 74.9 Å². The van der Waals surface area contributed by atoms with Gasteiger partial charge in [-0.15, -0.1) is 0 Å². The number of benzene rings is 2. The minimum atomic E-state index is -3.12. The number of nitrogens with zero attached hydrogens (tertiary/aromatic N) is 1. The first-order valence-corrected chi connectivity index (χ1v) is 12.9. The molecule has 4 heteroatoms. The quantitative estimate of drug-likeness (QED) is 0.470. The Morgan fingerprint density at radius 2 is 1.31 bits per heavy atom. The number of likely N-dealkylation sites (tertiary alicyclic amines) is 1. The second-order valence-corrected chi connectivity index (χ2v) is 10.4. The zero-order valence-electron chi connectivity index (χ0n) is 17.6. The van der Waals surface area contributed by atoms with Gasteiger partial charge in [0.2, 0.25) is 0 Å². The molecule has 0 radical (unpaired) electrons. The van der Waals surface area contributed by atoms with Crippen LogP contribution in [0.3, 0.4) is 0 Å². The van der Waals surface area contributed by atoms with Gasteiger partial charge in [0.05, 0.1) is 10.6 Å². The Morgan fingerprint density at radius 3 is 2.00 bits per heavy atom. The van der Waals surface area contributed by atoms with Crippen molar-refractivity contribution < 1.29 is 8.42 Å². The van der Waals surface area contributed by atoms with Crippen LogP contribution in [0.25, 0.3) is 0 Å². The van der Waals surface area contributed by atoms with Crippen LogP contribution in [-0.2, 0) is 22.7 Å². The molecule has 3 rings (SSSR count). The molecule has 158 valence electrons. The summed E-state index contributed by atoms with van der Waals surface area (Å²) in [7, 11) is -3.12. The van der Waals surface area contributed by atoms with Crippen LogP contribution in [0, 0.1) is 0 Å². The second kappa shape index (κ2) is 11.5. The smallest absolute Gasteiger partial charge is 0.178 e. The van der Waals surface area contributed by atoms with Gasteiger partial charge in [-0.2, -0.15) is 0 Å². The molecule has 1 saturated heterocycles. The molecule has 3 nitrogen and oxygen atoms in total. The fraction of sp³-hybridized carbons (Fsp3) is 0.520. The van der Waals surface area contributed by atoms with E-state index >= 15 is 0 Å².